The molecule has 1 atom stereocenters. The zero-order valence-corrected chi connectivity index (χ0v) is 14.9. The number of nitrogens with zero attached hydrogens (tertiary/aromatic N) is 2. The van der Waals surface area contributed by atoms with Crippen molar-refractivity contribution < 1.29 is 4.74 Å². The number of ether oxygens (including phenoxy) is 1. The largest absolute Gasteiger partial charge is 0.352 e. The van der Waals surface area contributed by atoms with Crippen LogP contribution in [0.25, 0.3) is 5.69 Å². The Balaban J connectivity index is 1.64. The van der Waals surface area contributed by atoms with Gasteiger partial charge in [0.2, 0.25) is 0 Å². The lowest BCUT2D eigenvalue weighted by Crippen LogP contribution is -2.22. The third-order valence-corrected chi connectivity index (χ3v) is 4.91. The summed E-state index contributed by atoms with van der Waals surface area (Å²) in [4.78, 5) is 2.34. The topological polar surface area (TPSA) is 17.4 Å². The molecule has 0 N–H and O–H groups in total. The van der Waals surface area contributed by atoms with Gasteiger partial charge in [0.05, 0.1) is 6.61 Å². The Morgan fingerprint density at radius 2 is 1.84 bits per heavy atom. The molecule has 0 unspecified atom stereocenters. The summed E-state index contributed by atoms with van der Waals surface area (Å²) in [6, 6.07) is 19.4. The van der Waals surface area contributed by atoms with Crippen LogP contribution in [0.3, 0.4) is 0 Å². The van der Waals surface area contributed by atoms with Gasteiger partial charge < -0.3 is 14.2 Å². The van der Waals surface area contributed by atoms with E-state index in [1.165, 1.54) is 28.1 Å². The second-order valence-electron chi connectivity index (χ2n) is 6.59. The fourth-order valence-corrected chi connectivity index (χ4v) is 3.52. The summed E-state index contributed by atoms with van der Waals surface area (Å²) in [5, 5.41) is 0. The van der Waals surface area contributed by atoms with Crippen LogP contribution >= 0.6 is 0 Å². The van der Waals surface area contributed by atoms with Gasteiger partial charge in [-0.3, -0.25) is 0 Å². The van der Waals surface area contributed by atoms with E-state index in [1.54, 1.807) is 0 Å². The average molecular weight is 332 g/mol. The van der Waals surface area contributed by atoms with Crippen LogP contribution in [0.4, 0.5) is 5.69 Å². The molecular formula is C22H24N2O. The van der Waals surface area contributed by atoms with Crippen LogP contribution in [0, 0.1) is 6.92 Å². The molecule has 3 aromatic rings. The van der Waals surface area contributed by atoms with Crippen LogP contribution in [0.1, 0.15) is 29.8 Å². The minimum Gasteiger partial charge on any atom is -0.352 e. The van der Waals surface area contributed by atoms with Crippen molar-refractivity contribution in [2.75, 3.05) is 18.1 Å². The number of rotatable bonds is 4. The lowest BCUT2D eigenvalue weighted by Gasteiger charge is -2.24. The molecule has 1 aromatic heterocycles. The molecule has 1 fully saturated rings. The third-order valence-electron chi connectivity index (χ3n) is 4.91. The Labute approximate surface area is 149 Å². The van der Waals surface area contributed by atoms with E-state index in [0.29, 0.717) is 0 Å². The standard InChI is InChI=1S/C22H24N2O/c1-3-18-6-4-5-7-21(18)23-13-12-19(16-23)22-24(14-15-25-22)20-10-8-17(2)9-11-20/h4-13,16,22H,3,14-15H2,1-2H3/t22-/m0/s1. The van der Waals surface area contributed by atoms with Crippen molar-refractivity contribution in [2.24, 2.45) is 0 Å². The number of aryl methyl sites for hydroxylation is 2. The number of aromatic nitrogens is 1. The van der Waals surface area contributed by atoms with E-state index in [4.69, 9.17) is 4.74 Å². The summed E-state index contributed by atoms with van der Waals surface area (Å²) in [5.74, 6) is 0. The number of hydrogen-bond acceptors (Lipinski definition) is 2. The van der Waals surface area contributed by atoms with E-state index in [1.807, 2.05) is 0 Å². The first kappa shape index (κ1) is 16.0. The molecule has 0 bridgehead atoms. The van der Waals surface area contributed by atoms with E-state index in [2.05, 4.69) is 90.3 Å². The SMILES string of the molecule is CCc1ccccc1-n1ccc([C@@H]2OCCN2c2ccc(C)cc2)c1. The molecule has 0 spiro atoms. The van der Waals surface area contributed by atoms with Crippen molar-refractivity contribution in [3.8, 4) is 5.69 Å². The maximum atomic E-state index is 6.05. The van der Waals surface area contributed by atoms with Crippen molar-refractivity contribution in [2.45, 2.75) is 26.5 Å². The highest BCUT2D eigenvalue weighted by Crippen LogP contribution is 2.33. The molecule has 25 heavy (non-hydrogen) atoms. The van der Waals surface area contributed by atoms with Crippen LogP contribution < -0.4 is 4.90 Å². The minimum absolute atomic E-state index is 0.0160. The summed E-state index contributed by atoms with van der Waals surface area (Å²) in [6.07, 6.45) is 5.35. The number of para-hydroxylation sites is 1. The molecule has 0 saturated carbocycles. The second kappa shape index (κ2) is 6.77. The summed E-state index contributed by atoms with van der Waals surface area (Å²) < 4.78 is 8.27. The zero-order chi connectivity index (χ0) is 17.2. The Kier molecular flexibility index (Phi) is 4.33. The van der Waals surface area contributed by atoms with E-state index in [0.717, 1.165) is 19.6 Å². The van der Waals surface area contributed by atoms with E-state index in [9.17, 15) is 0 Å². The first-order valence-corrected chi connectivity index (χ1v) is 8.97. The predicted molar refractivity (Wildman–Crippen MR) is 102 cm³/mol. The van der Waals surface area contributed by atoms with Crippen molar-refractivity contribution in [1.29, 1.82) is 0 Å². The van der Waals surface area contributed by atoms with Crippen LogP contribution in [0.5, 0.6) is 0 Å². The molecule has 1 saturated heterocycles. The molecule has 2 heterocycles. The van der Waals surface area contributed by atoms with Gasteiger partial charge in [0, 0.05) is 35.9 Å². The van der Waals surface area contributed by atoms with Gasteiger partial charge in [-0.2, -0.15) is 0 Å². The maximum absolute atomic E-state index is 6.05. The molecule has 0 aliphatic carbocycles. The van der Waals surface area contributed by atoms with Gasteiger partial charge in [0.25, 0.3) is 0 Å². The van der Waals surface area contributed by atoms with Crippen LogP contribution in [0.15, 0.2) is 67.0 Å². The minimum atomic E-state index is -0.0160. The van der Waals surface area contributed by atoms with Crippen molar-refractivity contribution in [1.82, 2.24) is 4.57 Å². The quantitative estimate of drug-likeness (QED) is 0.677. The summed E-state index contributed by atoms with van der Waals surface area (Å²) in [5.41, 5.74) is 6.30. The second-order valence-corrected chi connectivity index (χ2v) is 6.59. The Morgan fingerprint density at radius 3 is 2.64 bits per heavy atom. The molecule has 1 aliphatic heterocycles. The first-order chi connectivity index (χ1) is 12.3. The number of hydrogen-bond donors (Lipinski definition) is 0. The molecular weight excluding hydrogens is 308 g/mol. The lowest BCUT2D eigenvalue weighted by molar-refractivity contribution is 0.114. The maximum Gasteiger partial charge on any atom is 0.158 e. The van der Waals surface area contributed by atoms with Crippen LogP contribution in [0.2, 0.25) is 0 Å². The lowest BCUT2D eigenvalue weighted by atomic mass is 10.1. The Hall–Kier alpha value is -2.52. The summed E-state index contributed by atoms with van der Waals surface area (Å²) >= 11 is 0. The molecule has 3 heteroatoms. The summed E-state index contributed by atoms with van der Waals surface area (Å²) in [7, 11) is 0. The first-order valence-electron chi connectivity index (χ1n) is 8.97. The van der Waals surface area contributed by atoms with Gasteiger partial charge in [0.15, 0.2) is 6.23 Å². The molecule has 1 aliphatic rings. The zero-order valence-electron chi connectivity index (χ0n) is 14.9. The highest BCUT2D eigenvalue weighted by atomic mass is 16.5. The monoisotopic (exact) mass is 332 g/mol. The highest BCUT2D eigenvalue weighted by Gasteiger charge is 2.28. The van der Waals surface area contributed by atoms with Crippen LogP contribution in [-0.2, 0) is 11.2 Å². The average Bonchev–Trinajstić information content (AvgIpc) is 3.31. The van der Waals surface area contributed by atoms with Gasteiger partial charge in [-0.1, -0.05) is 42.8 Å². The molecule has 4 rings (SSSR count). The van der Waals surface area contributed by atoms with Gasteiger partial charge in [-0.15, -0.1) is 0 Å². The predicted octanol–water partition coefficient (Wildman–Crippen LogP) is 4.88. The highest BCUT2D eigenvalue weighted by molar-refractivity contribution is 5.50. The normalized spacial score (nSPS) is 17.2. The van der Waals surface area contributed by atoms with Gasteiger partial charge in [0.1, 0.15) is 0 Å². The number of anilines is 1. The molecule has 0 amide bonds. The van der Waals surface area contributed by atoms with Crippen molar-refractivity contribution >= 4 is 5.69 Å². The Morgan fingerprint density at radius 1 is 1.04 bits per heavy atom. The van der Waals surface area contributed by atoms with E-state index in [-0.39, 0.29) is 6.23 Å². The van der Waals surface area contributed by atoms with Crippen molar-refractivity contribution in [3.05, 3.63) is 83.7 Å². The smallest absolute Gasteiger partial charge is 0.158 e. The van der Waals surface area contributed by atoms with Gasteiger partial charge in [-0.05, 0) is 43.2 Å². The van der Waals surface area contributed by atoms with Crippen molar-refractivity contribution in [3.63, 3.8) is 0 Å². The number of benzene rings is 2. The summed E-state index contributed by atoms with van der Waals surface area (Å²) in [6.45, 7) is 6.00. The van der Waals surface area contributed by atoms with Gasteiger partial charge in [-0.25, -0.2) is 0 Å². The fourth-order valence-electron chi connectivity index (χ4n) is 3.52. The molecule has 2 aromatic carbocycles. The van der Waals surface area contributed by atoms with E-state index >= 15 is 0 Å². The van der Waals surface area contributed by atoms with E-state index < -0.39 is 0 Å². The third kappa shape index (κ3) is 3.08. The van der Waals surface area contributed by atoms with Crippen LogP contribution in [-0.4, -0.2) is 17.7 Å². The molecule has 0 radical (unpaired) electrons. The fraction of sp³-hybridized carbons (Fsp3) is 0.273. The Bertz CT molecular complexity index is 850. The molecule has 3 nitrogen and oxygen atoms in total. The molecule has 128 valence electrons. The van der Waals surface area contributed by atoms with Gasteiger partial charge >= 0.3 is 0 Å².